The van der Waals surface area contributed by atoms with Crippen molar-refractivity contribution in [2.75, 3.05) is 11.1 Å². The maximum absolute atomic E-state index is 13.2. The Kier molecular flexibility index (Phi) is 6.34. The summed E-state index contributed by atoms with van der Waals surface area (Å²) in [6, 6.07) is 16.5. The van der Waals surface area contributed by atoms with Crippen molar-refractivity contribution in [2.24, 2.45) is 7.05 Å². The lowest BCUT2D eigenvalue weighted by Crippen LogP contribution is -2.22. The summed E-state index contributed by atoms with van der Waals surface area (Å²) in [5, 5.41) is 6.97. The molecule has 3 aromatic heterocycles. The second-order valence-electron chi connectivity index (χ2n) is 8.61. The third kappa shape index (κ3) is 5.30. The Bertz CT molecular complexity index is 1640. The van der Waals surface area contributed by atoms with Crippen molar-refractivity contribution in [1.82, 2.24) is 19.3 Å². The number of nitrogen functional groups attached to an aromatic ring is 1. The van der Waals surface area contributed by atoms with E-state index in [1.165, 1.54) is 24.4 Å². The summed E-state index contributed by atoms with van der Waals surface area (Å²) in [6.07, 6.45) is 8.44. The number of nitrogens with one attached hydrogen (secondary N) is 1. The number of pyridine rings is 2. The minimum Gasteiger partial charge on any atom is -0.383 e. The Labute approximate surface area is 211 Å². The van der Waals surface area contributed by atoms with Gasteiger partial charge in [-0.2, -0.15) is 5.10 Å². The average Bonchev–Trinajstić information content (AvgIpc) is 3.33. The molecule has 2 aromatic carbocycles. The van der Waals surface area contributed by atoms with E-state index in [1.54, 1.807) is 52.1 Å². The first-order chi connectivity index (χ1) is 17.9. The van der Waals surface area contributed by atoms with Gasteiger partial charge in [0.1, 0.15) is 17.2 Å². The van der Waals surface area contributed by atoms with E-state index in [-0.39, 0.29) is 11.4 Å². The molecule has 5 aromatic rings. The van der Waals surface area contributed by atoms with Crippen molar-refractivity contribution in [3.05, 3.63) is 119 Å². The van der Waals surface area contributed by atoms with Crippen LogP contribution in [-0.4, -0.2) is 25.2 Å². The molecule has 0 unspecified atom stereocenters. The Morgan fingerprint density at radius 2 is 1.73 bits per heavy atom. The van der Waals surface area contributed by atoms with Crippen molar-refractivity contribution in [1.29, 1.82) is 0 Å². The smallest absolute Gasteiger partial charge is 0.261 e. The fraction of sp³-hybridized carbons (Fsp3) is 0.0714. The molecule has 184 valence electrons. The van der Waals surface area contributed by atoms with Gasteiger partial charge in [0.05, 0.1) is 6.20 Å². The molecule has 0 aliphatic rings. The average molecular weight is 495 g/mol. The molecule has 0 fully saturated rings. The largest absolute Gasteiger partial charge is 0.383 e. The molecular weight excluding hydrogens is 471 g/mol. The van der Waals surface area contributed by atoms with Crippen LogP contribution in [0.4, 0.5) is 15.9 Å². The SMILES string of the molecule is Cn1cc(-c2cnc(N)c(-c3ccc(NC(=O)c4cn(Cc5ccc(F)cc5)ccc4=O)cc3)c2)cn1. The molecule has 0 aliphatic heterocycles. The third-order valence-corrected chi connectivity index (χ3v) is 5.91. The molecule has 37 heavy (non-hydrogen) atoms. The van der Waals surface area contributed by atoms with Gasteiger partial charge in [-0.3, -0.25) is 14.3 Å². The predicted molar refractivity (Wildman–Crippen MR) is 140 cm³/mol. The third-order valence-electron chi connectivity index (χ3n) is 5.91. The Hall–Kier alpha value is -5.05. The quantitative estimate of drug-likeness (QED) is 0.365. The Balaban J connectivity index is 1.33. The van der Waals surface area contributed by atoms with Crippen LogP contribution in [-0.2, 0) is 13.6 Å². The van der Waals surface area contributed by atoms with E-state index in [2.05, 4.69) is 15.4 Å². The highest BCUT2D eigenvalue weighted by atomic mass is 19.1. The number of hydrogen-bond acceptors (Lipinski definition) is 5. The van der Waals surface area contributed by atoms with Gasteiger partial charge in [-0.15, -0.1) is 0 Å². The molecule has 0 bridgehead atoms. The Morgan fingerprint density at radius 3 is 2.43 bits per heavy atom. The highest BCUT2D eigenvalue weighted by Crippen LogP contribution is 2.30. The lowest BCUT2D eigenvalue weighted by atomic mass is 10.0. The van der Waals surface area contributed by atoms with Gasteiger partial charge in [-0.05, 0) is 41.5 Å². The predicted octanol–water partition coefficient (Wildman–Crippen LogP) is 4.33. The van der Waals surface area contributed by atoms with E-state index in [0.29, 0.717) is 18.1 Å². The van der Waals surface area contributed by atoms with Gasteiger partial charge in [0, 0.05) is 66.8 Å². The van der Waals surface area contributed by atoms with Crippen LogP contribution in [0.2, 0.25) is 0 Å². The van der Waals surface area contributed by atoms with E-state index in [0.717, 1.165) is 27.8 Å². The fourth-order valence-corrected chi connectivity index (χ4v) is 3.96. The number of hydrogen-bond donors (Lipinski definition) is 2. The van der Waals surface area contributed by atoms with E-state index in [1.807, 2.05) is 31.4 Å². The number of benzene rings is 2. The minimum atomic E-state index is -0.522. The van der Waals surface area contributed by atoms with Crippen LogP contribution >= 0.6 is 0 Å². The maximum Gasteiger partial charge on any atom is 0.261 e. The monoisotopic (exact) mass is 494 g/mol. The molecular formula is C28H23FN6O2. The summed E-state index contributed by atoms with van der Waals surface area (Å²) in [5.74, 6) is -0.462. The van der Waals surface area contributed by atoms with Gasteiger partial charge in [-0.25, -0.2) is 9.37 Å². The molecule has 0 spiro atoms. The van der Waals surface area contributed by atoms with E-state index in [4.69, 9.17) is 5.73 Å². The number of nitrogens with zero attached hydrogens (tertiary/aromatic N) is 4. The van der Waals surface area contributed by atoms with Gasteiger partial charge in [0.15, 0.2) is 5.43 Å². The number of carbonyl (C=O) groups is 1. The molecule has 3 N–H and O–H groups in total. The number of aryl methyl sites for hydroxylation is 1. The standard InChI is InChI=1S/C28H23FN6O2/c1-34-16-21(14-32-34)20-12-24(27(30)31-13-20)19-4-8-23(9-5-19)33-28(37)25-17-35(11-10-26(25)36)15-18-2-6-22(29)7-3-18/h2-14,16-17H,15H2,1H3,(H2,30,31)(H,33,37). The molecule has 3 heterocycles. The first kappa shape index (κ1) is 23.7. The molecule has 0 saturated carbocycles. The van der Waals surface area contributed by atoms with Gasteiger partial charge < -0.3 is 15.6 Å². The van der Waals surface area contributed by atoms with Gasteiger partial charge in [0.2, 0.25) is 0 Å². The zero-order valence-electron chi connectivity index (χ0n) is 19.9. The van der Waals surface area contributed by atoms with Crippen molar-refractivity contribution in [3.8, 4) is 22.3 Å². The fourth-order valence-electron chi connectivity index (χ4n) is 3.96. The molecule has 1 amide bonds. The number of carbonyl (C=O) groups excluding carboxylic acids is 1. The van der Waals surface area contributed by atoms with Crippen LogP contribution in [0.3, 0.4) is 0 Å². The first-order valence-corrected chi connectivity index (χ1v) is 11.5. The van der Waals surface area contributed by atoms with Crippen molar-refractivity contribution < 1.29 is 9.18 Å². The van der Waals surface area contributed by atoms with Gasteiger partial charge in [-0.1, -0.05) is 24.3 Å². The molecule has 0 radical (unpaired) electrons. The normalized spacial score (nSPS) is 10.9. The zero-order valence-corrected chi connectivity index (χ0v) is 19.9. The lowest BCUT2D eigenvalue weighted by molar-refractivity contribution is 0.102. The van der Waals surface area contributed by atoms with E-state index >= 15 is 0 Å². The second-order valence-corrected chi connectivity index (χ2v) is 8.61. The van der Waals surface area contributed by atoms with E-state index < -0.39 is 11.3 Å². The van der Waals surface area contributed by atoms with Crippen LogP contribution in [0.15, 0.2) is 96.4 Å². The molecule has 0 aliphatic carbocycles. The molecule has 9 heteroatoms. The molecule has 0 saturated heterocycles. The number of anilines is 2. The summed E-state index contributed by atoms with van der Waals surface area (Å²) in [5.41, 5.74) is 10.5. The summed E-state index contributed by atoms with van der Waals surface area (Å²) in [7, 11) is 1.85. The topological polar surface area (TPSA) is 108 Å². The van der Waals surface area contributed by atoms with Crippen molar-refractivity contribution >= 4 is 17.4 Å². The Morgan fingerprint density at radius 1 is 0.973 bits per heavy atom. The van der Waals surface area contributed by atoms with Crippen molar-refractivity contribution in [2.45, 2.75) is 6.54 Å². The molecule has 8 nitrogen and oxygen atoms in total. The number of aromatic nitrogens is 4. The zero-order chi connectivity index (χ0) is 25.9. The minimum absolute atomic E-state index is 0.00584. The van der Waals surface area contributed by atoms with Crippen LogP contribution in [0, 0.1) is 5.82 Å². The number of rotatable bonds is 6. The van der Waals surface area contributed by atoms with Crippen LogP contribution in [0.5, 0.6) is 0 Å². The number of amides is 1. The van der Waals surface area contributed by atoms with Gasteiger partial charge in [0.25, 0.3) is 5.91 Å². The lowest BCUT2D eigenvalue weighted by Gasteiger charge is -2.11. The molecule has 0 atom stereocenters. The number of nitrogens with two attached hydrogens (primary N) is 1. The number of halogens is 1. The summed E-state index contributed by atoms with van der Waals surface area (Å²) in [4.78, 5) is 29.6. The van der Waals surface area contributed by atoms with Crippen molar-refractivity contribution in [3.63, 3.8) is 0 Å². The summed E-state index contributed by atoms with van der Waals surface area (Å²) in [6.45, 7) is 0.392. The van der Waals surface area contributed by atoms with Crippen LogP contribution in [0.1, 0.15) is 15.9 Å². The maximum atomic E-state index is 13.2. The first-order valence-electron chi connectivity index (χ1n) is 11.5. The summed E-state index contributed by atoms with van der Waals surface area (Å²) >= 11 is 0. The van der Waals surface area contributed by atoms with Crippen LogP contribution in [0.25, 0.3) is 22.3 Å². The van der Waals surface area contributed by atoms with E-state index in [9.17, 15) is 14.0 Å². The summed E-state index contributed by atoms with van der Waals surface area (Å²) < 4.78 is 16.6. The second kappa shape index (κ2) is 9.90. The van der Waals surface area contributed by atoms with Gasteiger partial charge >= 0.3 is 0 Å². The molecule has 5 rings (SSSR count). The highest BCUT2D eigenvalue weighted by molar-refractivity contribution is 6.04. The van der Waals surface area contributed by atoms with Crippen LogP contribution < -0.4 is 16.5 Å². The highest BCUT2D eigenvalue weighted by Gasteiger charge is 2.13.